The Balaban J connectivity index is 1.32. The molecule has 6 rings (SSSR count). The van der Waals surface area contributed by atoms with E-state index in [4.69, 9.17) is 26.1 Å². The summed E-state index contributed by atoms with van der Waals surface area (Å²) in [6, 6.07) is 8.04. The van der Waals surface area contributed by atoms with Crippen LogP contribution in [0.15, 0.2) is 30.5 Å². The molecule has 0 radical (unpaired) electrons. The first kappa shape index (κ1) is 24.7. The number of nitrogens with one attached hydrogen (secondary N) is 2. The van der Waals surface area contributed by atoms with Crippen molar-refractivity contribution >= 4 is 49.6 Å². The summed E-state index contributed by atoms with van der Waals surface area (Å²) in [5, 5.41) is 19.6. The summed E-state index contributed by atoms with van der Waals surface area (Å²) in [6.07, 6.45) is 3.39. The van der Waals surface area contributed by atoms with Crippen molar-refractivity contribution in [2.45, 2.75) is 44.7 Å². The zero-order valence-corrected chi connectivity index (χ0v) is 22.3. The Labute approximate surface area is 223 Å². The molecule has 5 heterocycles. The molecule has 2 aliphatic heterocycles. The molecule has 3 atom stereocenters. The van der Waals surface area contributed by atoms with Crippen molar-refractivity contribution in [1.29, 1.82) is 0 Å². The molecule has 0 saturated carbocycles. The van der Waals surface area contributed by atoms with Crippen LogP contribution < -0.4 is 15.4 Å². The van der Waals surface area contributed by atoms with Gasteiger partial charge < -0.3 is 19.9 Å². The number of hydrogen-bond donors (Lipinski definition) is 3. The number of ether oxygens (including phenoxy) is 2. The van der Waals surface area contributed by atoms with Crippen LogP contribution in [0.5, 0.6) is 11.8 Å². The lowest BCUT2D eigenvalue weighted by atomic mass is 10.1. The quantitative estimate of drug-likeness (QED) is 0.311. The molecule has 9 nitrogen and oxygen atoms in total. The Morgan fingerprint density at radius 2 is 2.14 bits per heavy atom. The number of aromatic nitrogens is 3. The molecule has 11 heteroatoms. The van der Waals surface area contributed by atoms with Crippen LogP contribution in [0, 0.1) is 0 Å². The topological polar surface area (TPSA) is 105 Å². The number of methoxy groups -OCH3 is 1. The normalized spacial score (nSPS) is 22.5. The first-order chi connectivity index (χ1) is 18.0. The third-order valence-corrected chi connectivity index (χ3v) is 8.38. The molecule has 1 fully saturated rings. The number of rotatable bonds is 5. The fourth-order valence-electron chi connectivity index (χ4n) is 5.14. The van der Waals surface area contributed by atoms with Gasteiger partial charge in [0.25, 0.3) is 0 Å². The number of piperidine rings is 1. The van der Waals surface area contributed by atoms with Crippen molar-refractivity contribution in [2.24, 2.45) is 0 Å². The number of aliphatic hydroxyl groups is 1. The minimum Gasteiger partial charge on any atom is -0.420 e. The largest absolute Gasteiger partial charge is 0.420 e. The average molecular weight is 541 g/mol. The highest BCUT2D eigenvalue weighted by molar-refractivity contribution is 7.20. The standard InChI is InChI=1S/C26H29ClN6O3S/c1-14-10-28-22-21-17-5-8-20(31-18(17)6-7-19(21)37-23(22)24(34)30-14)36-25-15(11-29-26(27)32-25)12-33-9-3-4-16(13-33)35-2/h5-8,11,14,16,24,28,30,34H,3-4,9-10,12-13H2,1-2H3/t14-,16+,24?/m1/s1. The number of anilines is 1. The third-order valence-electron chi connectivity index (χ3n) is 6.99. The van der Waals surface area contributed by atoms with E-state index in [0.717, 1.165) is 69.6 Å². The second kappa shape index (κ2) is 10.3. The molecular weight excluding hydrogens is 512 g/mol. The Hall–Kier alpha value is -2.60. The maximum atomic E-state index is 10.7. The lowest BCUT2D eigenvalue weighted by Crippen LogP contribution is -2.38. The van der Waals surface area contributed by atoms with E-state index < -0.39 is 6.23 Å². The summed E-state index contributed by atoms with van der Waals surface area (Å²) in [4.78, 5) is 16.6. The van der Waals surface area contributed by atoms with E-state index in [1.54, 1.807) is 24.6 Å². The fraction of sp³-hybridized carbons (Fsp3) is 0.423. The summed E-state index contributed by atoms with van der Waals surface area (Å²) in [6.45, 7) is 5.24. The molecule has 1 unspecified atom stereocenters. The second-order valence-electron chi connectivity index (χ2n) is 9.65. The van der Waals surface area contributed by atoms with Gasteiger partial charge in [-0.1, -0.05) is 0 Å². The zero-order chi connectivity index (χ0) is 25.5. The number of benzene rings is 1. The van der Waals surface area contributed by atoms with Gasteiger partial charge in [-0.25, -0.2) is 9.97 Å². The summed E-state index contributed by atoms with van der Waals surface area (Å²) in [7, 11) is 1.76. The minimum atomic E-state index is -0.706. The van der Waals surface area contributed by atoms with Gasteiger partial charge in [0.2, 0.25) is 17.0 Å². The first-order valence-electron chi connectivity index (χ1n) is 12.5. The summed E-state index contributed by atoms with van der Waals surface area (Å²) in [5.41, 5.74) is 2.61. The zero-order valence-electron chi connectivity index (χ0n) is 20.7. The van der Waals surface area contributed by atoms with Crippen molar-refractivity contribution in [3.63, 3.8) is 0 Å². The van der Waals surface area contributed by atoms with Gasteiger partial charge in [-0.15, -0.1) is 11.3 Å². The lowest BCUT2D eigenvalue weighted by Gasteiger charge is -2.31. The van der Waals surface area contributed by atoms with Crippen LogP contribution in [0.4, 0.5) is 5.69 Å². The predicted molar refractivity (Wildman–Crippen MR) is 146 cm³/mol. The van der Waals surface area contributed by atoms with Crippen LogP contribution in [0.2, 0.25) is 5.28 Å². The molecular formula is C26H29ClN6O3S. The molecule has 1 aromatic carbocycles. The molecule has 2 aliphatic rings. The highest BCUT2D eigenvalue weighted by Crippen LogP contribution is 2.43. The van der Waals surface area contributed by atoms with Crippen LogP contribution in [-0.4, -0.2) is 63.8 Å². The monoisotopic (exact) mass is 540 g/mol. The van der Waals surface area contributed by atoms with Crippen LogP contribution in [0.1, 0.15) is 36.4 Å². The summed E-state index contributed by atoms with van der Waals surface area (Å²) in [5.74, 6) is 0.836. The van der Waals surface area contributed by atoms with Crippen molar-refractivity contribution in [3.05, 3.63) is 46.2 Å². The van der Waals surface area contributed by atoms with E-state index in [9.17, 15) is 5.11 Å². The van der Waals surface area contributed by atoms with Gasteiger partial charge in [-0.2, -0.15) is 4.98 Å². The van der Waals surface area contributed by atoms with Gasteiger partial charge in [0.15, 0.2) is 0 Å². The molecule has 4 aromatic rings. The Morgan fingerprint density at radius 1 is 1.24 bits per heavy atom. The molecule has 0 amide bonds. The predicted octanol–water partition coefficient (Wildman–Crippen LogP) is 4.69. The van der Waals surface area contributed by atoms with E-state index >= 15 is 0 Å². The Morgan fingerprint density at radius 3 is 3.00 bits per heavy atom. The number of hydrogen-bond acceptors (Lipinski definition) is 10. The van der Waals surface area contributed by atoms with E-state index in [2.05, 4.69) is 25.5 Å². The number of halogens is 1. The number of aliphatic hydroxyl groups excluding tert-OH is 1. The van der Waals surface area contributed by atoms with Crippen molar-refractivity contribution in [3.8, 4) is 11.8 Å². The minimum absolute atomic E-state index is 0.128. The average Bonchev–Trinajstić information content (AvgIpc) is 3.22. The van der Waals surface area contributed by atoms with Gasteiger partial charge in [0.05, 0.1) is 22.2 Å². The highest BCUT2D eigenvalue weighted by Gasteiger charge is 2.25. The van der Waals surface area contributed by atoms with E-state index in [0.29, 0.717) is 18.3 Å². The van der Waals surface area contributed by atoms with E-state index in [1.165, 1.54) is 0 Å². The molecule has 37 heavy (non-hydrogen) atoms. The SMILES string of the molecule is CO[C@H]1CCCN(Cc2cnc(Cl)nc2Oc2ccc3c(ccc4sc5c(c43)NC[C@@H](C)NC5O)n2)C1. The molecule has 0 aliphatic carbocycles. The van der Waals surface area contributed by atoms with Crippen molar-refractivity contribution < 1.29 is 14.6 Å². The third kappa shape index (κ3) is 4.97. The molecule has 194 valence electrons. The Kier molecular flexibility index (Phi) is 6.87. The molecule has 0 bridgehead atoms. The number of likely N-dealkylation sites (tertiary alicyclic amines) is 1. The second-order valence-corrected chi connectivity index (χ2v) is 11.1. The van der Waals surface area contributed by atoms with Gasteiger partial charge >= 0.3 is 0 Å². The van der Waals surface area contributed by atoms with Crippen molar-refractivity contribution in [1.82, 2.24) is 25.2 Å². The van der Waals surface area contributed by atoms with Crippen molar-refractivity contribution in [2.75, 3.05) is 32.1 Å². The smallest absolute Gasteiger partial charge is 0.230 e. The van der Waals surface area contributed by atoms with Gasteiger partial charge in [-0.3, -0.25) is 10.2 Å². The highest BCUT2D eigenvalue weighted by atomic mass is 35.5. The molecule has 3 N–H and O–H groups in total. The molecule has 3 aromatic heterocycles. The maximum Gasteiger partial charge on any atom is 0.230 e. The van der Waals surface area contributed by atoms with Crippen LogP contribution in [0.3, 0.4) is 0 Å². The first-order valence-corrected chi connectivity index (χ1v) is 13.7. The number of pyridine rings is 1. The summed E-state index contributed by atoms with van der Waals surface area (Å²) >= 11 is 7.72. The van der Waals surface area contributed by atoms with Crippen LogP contribution >= 0.6 is 22.9 Å². The van der Waals surface area contributed by atoms with Crippen LogP contribution in [-0.2, 0) is 11.3 Å². The fourth-order valence-corrected chi connectivity index (χ4v) is 6.41. The van der Waals surface area contributed by atoms with Gasteiger partial charge in [0, 0.05) is 66.1 Å². The lowest BCUT2D eigenvalue weighted by molar-refractivity contribution is 0.0282. The van der Waals surface area contributed by atoms with Gasteiger partial charge in [-0.05, 0) is 56.1 Å². The van der Waals surface area contributed by atoms with E-state index in [-0.39, 0.29) is 17.4 Å². The van der Waals surface area contributed by atoms with Gasteiger partial charge in [0.1, 0.15) is 6.23 Å². The molecule has 0 spiro atoms. The summed E-state index contributed by atoms with van der Waals surface area (Å²) < 4.78 is 12.8. The number of nitrogens with zero attached hydrogens (tertiary/aromatic N) is 4. The van der Waals surface area contributed by atoms with Crippen LogP contribution in [0.25, 0.3) is 21.0 Å². The van der Waals surface area contributed by atoms with E-state index in [1.807, 2.05) is 31.2 Å². The Bertz CT molecular complexity index is 1450. The number of fused-ring (bicyclic) bond motifs is 5. The molecule has 1 saturated heterocycles. The maximum absolute atomic E-state index is 10.7. The number of thiophene rings is 1.